The molecular weight excluding hydrogens is 188 g/mol. The van der Waals surface area contributed by atoms with Crippen LogP contribution in [0.4, 0.5) is 0 Å². The van der Waals surface area contributed by atoms with Crippen LogP contribution in [0.2, 0.25) is 0 Å². The summed E-state index contributed by atoms with van der Waals surface area (Å²) in [4.78, 5) is 11.3. The maximum absolute atomic E-state index is 11.3. The Morgan fingerprint density at radius 3 is 2.67 bits per heavy atom. The highest BCUT2D eigenvalue weighted by atomic mass is 16.6. The van der Waals surface area contributed by atoms with Gasteiger partial charge < -0.3 is 4.74 Å². The smallest absolute Gasteiger partial charge is 0.306 e. The lowest BCUT2D eigenvalue weighted by molar-refractivity contribution is -0.147. The van der Waals surface area contributed by atoms with E-state index in [1.54, 1.807) is 0 Å². The van der Waals surface area contributed by atoms with Crippen molar-refractivity contribution in [2.45, 2.75) is 58.5 Å². The molecule has 2 atom stereocenters. The van der Waals surface area contributed by atoms with E-state index in [1.165, 1.54) is 17.6 Å². The van der Waals surface area contributed by atoms with E-state index in [9.17, 15) is 4.79 Å². The van der Waals surface area contributed by atoms with Crippen LogP contribution in [0.3, 0.4) is 0 Å². The van der Waals surface area contributed by atoms with Gasteiger partial charge in [-0.05, 0) is 44.6 Å². The monoisotopic (exact) mass is 208 g/mol. The fourth-order valence-corrected chi connectivity index (χ4v) is 3.09. The molecule has 1 aliphatic heterocycles. The molecule has 0 N–H and O–H groups in total. The number of carbonyl (C=O) groups is 1. The lowest BCUT2D eigenvalue weighted by Crippen LogP contribution is -2.37. The Morgan fingerprint density at radius 2 is 2.13 bits per heavy atom. The van der Waals surface area contributed by atoms with Gasteiger partial charge in [-0.15, -0.1) is 0 Å². The Labute approximate surface area is 91.7 Å². The van der Waals surface area contributed by atoms with Crippen molar-refractivity contribution in [1.29, 1.82) is 0 Å². The van der Waals surface area contributed by atoms with E-state index in [4.69, 9.17) is 4.74 Å². The van der Waals surface area contributed by atoms with Gasteiger partial charge in [-0.25, -0.2) is 0 Å². The lowest BCUT2D eigenvalue weighted by atomic mass is 9.72. The number of hydrogen-bond donors (Lipinski definition) is 0. The number of ether oxygens (including phenoxy) is 1. The Kier molecular flexibility index (Phi) is 2.61. The Hall–Kier alpha value is -0.790. The predicted octanol–water partition coefficient (Wildman–Crippen LogP) is 3.22. The van der Waals surface area contributed by atoms with Crippen molar-refractivity contribution in [3.05, 3.63) is 11.1 Å². The third kappa shape index (κ3) is 1.82. The first-order valence-electron chi connectivity index (χ1n) is 5.92. The van der Waals surface area contributed by atoms with Gasteiger partial charge >= 0.3 is 5.97 Å². The molecule has 2 nitrogen and oxygen atoms in total. The van der Waals surface area contributed by atoms with Crippen molar-refractivity contribution in [3.63, 3.8) is 0 Å². The first kappa shape index (κ1) is 10.7. The molecule has 2 unspecified atom stereocenters. The third-order valence-corrected chi connectivity index (χ3v) is 3.76. The summed E-state index contributed by atoms with van der Waals surface area (Å²) in [5.74, 6) is 0.668. The van der Waals surface area contributed by atoms with Crippen molar-refractivity contribution >= 4 is 5.97 Å². The van der Waals surface area contributed by atoms with E-state index >= 15 is 0 Å². The van der Waals surface area contributed by atoms with Crippen molar-refractivity contribution in [3.8, 4) is 0 Å². The Balaban J connectivity index is 2.32. The second-order valence-electron chi connectivity index (χ2n) is 5.29. The molecule has 0 amide bonds. The molecule has 0 aromatic heterocycles. The van der Waals surface area contributed by atoms with Gasteiger partial charge in [0.05, 0.1) is 0 Å². The van der Waals surface area contributed by atoms with Crippen molar-refractivity contribution < 1.29 is 9.53 Å². The molecule has 1 saturated heterocycles. The van der Waals surface area contributed by atoms with Crippen LogP contribution < -0.4 is 0 Å². The van der Waals surface area contributed by atoms with Crippen molar-refractivity contribution in [2.24, 2.45) is 5.92 Å². The van der Waals surface area contributed by atoms with E-state index in [0.29, 0.717) is 12.3 Å². The molecule has 1 spiro atoms. The summed E-state index contributed by atoms with van der Waals surface area (Å²) < 4.78 is 5.64. The maximum atomic E-state index is 11.3. The highest BCUT2D eigenvalue weighted by molar-refractivity contribution is 5.73. The Morgan fingerprint density at radius 1 is 1.40 bits per heavy atom. The molecule has 2 heteroatoms. The SMILES string of the molecule is CC(C)=C1CCC(C)CC12CCC(=O)O2. The standard InChI is InChI=1S/C13H20O2/c1-9(2)11-5-4-10(3)8-13(11)7-6-12(14)15-13/h10H,4-8H2,1-3H3. The largest absolute Gasteiger partial charge is 0.454 e. The average Bonchev–Trinajstić information content (AvgIpc) is 2.47. The first-order valence-corrected chi connectivity index (χ1v) is 5.92. The quantitative estimate of drug-likeness (QED) is 0.451. The summed E-state index contributed by atoms with van der Waals surface area (Å²) in [5, 5.41) is 0. The lowest BCUT2D eigenvalue weighted by Gasteiger charge is -2.38. The summed E-state index contributed by atoms with van der Waals surface area (Å²) in [6.07, 6.45) is 4.87. The van der Waals surface area contributed by atoms with Crippen molar-refractivity contribution in [1.82, 2.24) is 0 Å². The molecule has 2 fully saturated rings. The number of rotatable bonds is 0. The van der Waals surface area contributed by atoms with Gasteiger partial charge in [0.25, 0.3) is 0 Å². The third-order valence-electron chi connectivity index (χ3n) is 3.76. The van der Waals surface area contributed by atoms with E-state index in [0.717, 1.165) is 19.3 Å². The van der Waals surface area contributed by atoms with Crippen LogP contribution in [-0.2, 0) is 9.53 Å². The van der Waals surface area contributed by atoms with E-state index in [-0.39, 0.29) is 11.6 Å². The molecule has 84 valence electrons. The topological polar surface area (TPSA) is 26.3 Å². The zero-order valence-electron chi connectivity index (χ0n) is 9.93. The summed E-state index contributed by atoms with van der Waals surface area (Å²) in [6, 6.07) is 0. The number of hydrogen-bond acceptors (Lipinski definition) is 2. The average molecular weight is 208 g/mol. The molecule has 1 heterocycles. The molecule has 0 radical (unpaired) electrons. The maximum Gasteiger partial charge on any atom is 0.306 e. The van der Waals surface area contributed by atoms with Crippen LogP contribution >= 0.6 is 0 Å². The molecule has 1 saturated carbocycles. The molecule has 0 bridgehead atoms. The zero-order valence-corrected chi connectivity index (χ0v) is 9.93. The van der Waals surface area contributed by atoms with Crippen LogP contribution in [0.15, 0.2) is 11.1 Å². The molecule has 0 aromatic rings. The van der Waals surface area contributed by atoms with Crippen LogP contribution in [0.5, 0.6) is 0 Å². The highest BCUT2D eigenvalue weighted by Crippen LogP contribution is 2.46. The van der Waals surface area contributed by atoms with Gasteiger partial charge in [0.15, 0.2) is 0 Å². The van der Waals surface area contributed by atoms with Crippen LogP contribution in [0.1, 0.15) is 52.9 Å². The summed E-state index contributed by atoms with van der Waals surface area (Å²) in [5.41, 5.74) is 2.52. The minimum atomic E-state index is -0.215. The number of carbonyl (C=O) groups excluding carboxylic acids is 1. The number of esters is 1. The van der Waals surface area contributed by atoms with Crippen LogP contribution in [0.25, 0.3) is 0 Å². The fraction of sp³-hybridized carbons (Fsp3) is 0.769. The first-order chi connectivity index (χ1) is 7.03. The van der Waals surface area contributed by atoms with E-state index < -0.39 is 0 Å². The normalized spacial score (nSPS) is 35.8. The van der Waals surface area contributed by atoms with Gasteiger partial charge in [0.2, 0.25) is 0 Å². The van der Waals surface area contributed by atoms with Gasteiger partial charge in [-0.1, -0.05) is 12.5 Å². The fourth-order valence-electron chi connectivity index (χ4n) is 3.09. The highest BCUT2D eigenvalue weighted by Gasteiger charge is 2.46. The van der Waals surface area contributed by atoms with Gasteiger partial charge in [-0.2, -0.15) is 0 Å². The minimum absolute atomic E-state index is 0.0112. The summed E-state index contributed by atoms with van der Waals surface area (Å²) in [6.45, 7) is 6.54. The second kappa shape index (κ2) is 3.66. The van der Waals surface area contributed by atoms with Gasteiger partial charge in [-0.3, -0.25) is 4.79 Å². The van der Waals surface area contributed by atoms with Crippen molar-refractivity contribution in [2.75, 3.05) is 0 Å². The van der Waals surface area contributed by atoms with Crippen LogP contribution in [0, 0.1) is 5.92 Å². The second-order valence-corrected chi connectivity index (χ2v) is 5.29. The molecule has 1 aliphatic carbocycles. The Bertz CT molecular complexity index is 312. The minimum Gasteiger partial charge on any atom is -0.454 e. The summed E-state index contributed by atoms with van der Waals surface area (Å²) >= 11 is 0. The molecular formula is C13H20O2. The molecule has 15 heavy (non-hydrogen) atoms. The number of allylic oxidation sites excluding steroid dienone is 1. The molecule has 2 aliphatic rings. The summed E-state index contributed by atoms with van der Waals surface area (Å²) in [7, 11) is 0. The predicted molar refractivity (Wildman–Crippen MR) is 59.4 cm³/mol. The molecule has 2 rings (SSSR count). The van der Waals surface area contributed by atoms with E-state index in [2.05, 4.69) is 20.8 Å². The van der Waals surface area contributed by atoms with Crippen LogP contribution in [-0.4, -0.2) is 11.6 Å². The van der Waals surface area contributed by atoms with Gasteiger partial charge in [0.1, 0.15) is 5.60 Å². The van der Waals surface area contributed by atoms with Gasteiger partial charge in [0, 0.05) is 12.8 Å². The van der Waals surface area contributed by atoms with E-state index in [1.807, 2.05) is 0 Å². The zero-order chi connectivity index (χ0) is 11.1. The molecule has 0 aromatic carbocycles.